The van der Waals surface area contributed by atoms with Crippen molar-refractivity contribution in [3.8, 4) is 0 Å². The highest BCUT2D eigenvalue weighted by Gasteiger charge is 1.93. The van der Waals surface area contributed by atoms with Crippen LogP contribution in [0, 0.1) is 0 Å². The van der Waals surface area contributed by atoms with Crippen LogP contribution in [0.3, 0.4) is 0 Å². The zero-order valence-electron chi connectivity index (χ0n) is 15.2. The van der Waals surface area contributed by atoms with Crippen LogP contribution in [0.4, 0.5) is 0 Å². The monoisotopic (exact) mass is 302 g/mol. The van der Waals surface area contributed by atoms with Gasteiger partial charge in [-0.25, -0.2) is 0 Å². The van der Waals surface area contributed by atoms with Crippen LogP contribution in [0.5, 0.6) is 0 Å². The van der Waals surface area contributed by atoms with Gasteiger partial charge in [-0.3, -0.25) is 0 Å². The summed E-state index contributed by atoms with van der Waals surface area (Å²) in [6, 6.07) is 0. The Bertz CT molecular complexity index is 174. The molecular weight excluding hydrogens is 260 g/mol. The minimum Gasteiger partial charge on any atom is -0.330 e. The number of rotatable bonds is 13. The molecule has 0 aromatic heterocycles. The van der Waals surface area contributed by atoms with Crippen LogP contribution in [0.2, 0.25) is 0 Å². The Morgan fingerprint density at radius 1 is 0.619 bits per heavy atom. The minimum absolute atomic E-state index is 0.849. The van der Waals surface area contributed by atoms with Crippen molar-refractivity contribution in [2.24, 2.45) is 11.5 Å². The van der Waals surface area contributed by atoms with E-state index in [0.717, 1.165) is 19.6 Å². The molecule has 0 saturated heterocycles. The molecule has 0 aromatic carbocycles. The van der Waals surface area contributed by atoms with E-state index in [4.69, 9.17) is 11.5 Å². The van der Waals surface area contributed by atoms with Crippen molar-refractivity contribution in [3.05, 3.63) is 0 Å². The number of nitrogens with zero attached hydrogens (tertiary/aromatic N) is 2. The highest BCUT2D eigenvalue weighted by atomic mass is 15.1. The van der Waals surface area contributed by atoms with Crippen LogP contribution in [-0.2, 0) is 0 Å². The summed E-state index contributed by atoms with van der Waals surface area (Å²) >= 11 is 0. The van der Waals surface area contributed by atoms with Gasteiger partial charge in [0, 0.05) is 0 Å². The highest BCUT2D eigenvalue weighted by molar-refractivity contribution is 4.49. The molecule has 0 rings (SSSR count). The third-order valence-electron chi connectivity index (χ3n) is 3.59. The van der Waals surface area contributed by atoms with Crippen LogP contribution < -0.4 is 11.5 Å². The average molecular weight is 303 g/mol. The van der Waals surface area contributed by atoms with Crippen molar-refractivity contribution in [3.63, 3.8) is 0 Å². The molecule has 0 unspecified atom stereocenters. The third-order valence-corrected chi connectivity index (χ3v) is 3.59. The predicted molar refractivity (Wildman–Crippen MR) is 96.8 cm³/mol. The predicted octanol–water partition coefficient (Wildman–Crippen LogP) is 2.52. The molecule has 0 saturated carbocycles. The zero-order valence-corrected chi connectivity index (χ0v) is 15.2. The molecule has 4 nitrogen and oxygen atoms in total. The first kappa shape index (κ1) is 23.1. The smallest absolute Gasteiger partial charge is 0.00219 e. The SMILES string of the molecule is CCN(C)CCCCCCN.CN(C)CCCCCCN. The van der Waals surface area contributed by atoms with Crippen LogP contribution in [-0.4, -0.2) is 63.7 Å². The molecule has 0 spiro atoms. The molecular formula is C17H42N4. The molecule has 0 aromatic rings. The third kappa shape index (κ3) is 25.2. The fourth-order valence-corrected chi connectivity index (χ4v) is 1.96. The number of unbranched alkanes of at least 4 members (excludes halogenated alkanes) is 6. The number of hydrogen-bond donors (Lipinski definition) is 2. The summed E-state index contributed by atoms with van der Waals surface area (Å²) in [5.41, 5.74) is 10.7. The molecule has 0 aliphatic rings. The van der Waals surface area contributed by atoms with Crippen LogP contribution >= 0.6 is 0 Å². The maximum atomic E-state index is 5.39. The van der Waals surface area contributed by atoms with Gasteiger partial charge in [-0.05, 0) is 79.6 Å². The van der Waals surface area contributed by atoms with Gasteiger partial charge in [-0.15, -0.1) is 0 Å². The highest BCUT2D eigenvalue weighted by Crippen LogP contribution is 1.99. The summed E-state index contributed by atoms with van der Waals surface area (Å²) in [5.74, 6) is 0. The van der Waals surface area contributed by atoms with E-state index < -0.39 is 0 Å². The quantitative estimate of drug-likeness (QED) is 0.513. The summed E-state index contributed by atoms with van der Waals surface area (Å²) in [4.78, 5) is 4.57. The first-order chi connectivity index (χ1) is 10.1. The Labute approximate surface area is 134 Å². The fourth-order valence-electron chi connectivity index (χ4n) is 1.96. The summed E-state index contributed by atoms with van der Waals surface area (Å²) in [6.07, 6.45) is 10.3. The molecule has 0 bridgehead atoms. The minimum atomic E-state index is 0.849. The standard InChI is InChI=1S/C9H22N2.C8H20N2/c1-3-11(2)9-7-5-4-6-8-10;1-10(2)8-6-4-3-5-7-9/h3-10H2,1-2H3;3-9H2,1-2H3. The number of nitrogens with two attached hydrogens (primary N) is 2. The van der Waals surface area contributed by atoms with E-state index >= 15 is 0 Å². The lowest BCUT2D eigenvalue weighted by Crippen LogP contribution is -2.18. The second-order valence-corrected chi connectivity index (χ2v) is 6.10. The van der Waals surface area contributed by atoms with Gasteiger partial charge in [0.05, 0.1) is 0 Å². The molecule has 4 heteroatoms. The Balaban J connectivity index is 0. The van der Waals surface area contributed by atoms with Gasteiger partial charge in [0.25, 0.3) is 0 Å². The van der Waals surface area contributed by atoms with Crippen molar-refractivity contribution >= 4 is 0 Å². The van der Waals surface area contributed by atoms with Crippen LogP contribution in [0.1, 0.15) is 58.3 Å². The summed E-state index contributed by atoms with van der Waals surface area (Å²) < 4.78 is 0. The number of hydrogen-bond acceptors (Lipinski definition) is 4. The molecule has 0 heterocycles. The molecule has 0 radical (unpaired) electrons. The largest absolute Gasteiger partial charge is 0.330 e. The van der Waals surface area contributed by atoms with Crippen LogP contribution in [0.25, 0.3) is 0 Å². The Hall–Kier alpha value is -0.160. The summed E-state index contributed by atoms with van der Waals surface area (Å²) in [6.45, 7) is 7.51. The van der Waals surface area contributed by atoms with Gasteiger partial charge in [-0.2, -0.15) is 0 Å². The first-order valence-corrected chi connectivity index (χ1v) is 8.81. The van der Waals surface area contributed by atoms with Crippen molar-refractivity contribution in [2.45, 2.75) is 58.3 Å². The fraction of sp³-hybridized carbons (Fsp3) is 1.00. The van der Waals surface area contributed by atoms with Crippen molar-refractivity contribution in [1.29, 1.82) is 0 Å². The maximum absolute atomic E-state index is 5.39. The van der Waals surface area contributed by atoms with Gasteiger partial charge in [-0.1, -0.05) is 32.6 Å². The van der Waals surface area contributed by atoms with Gasteiger partial charge < -0.3 is 21.3 Å². The van der Waals surface area contributed by atoms with E-state index in [1.807, 2.05) is 0 Å². The lowest BCUT2D eigenvalue weighted by atomic mass is 10.2. The van der Waals surface area contributed by atoms with Gasteiger partial charge in [0.2, 0.25) is 0 Å². The topological polar surface area (TPSA) is 58.5 Å². The van der Waals surface area contributed by atoms with E-state index in [9.17, 15) is 0 Å². The molecule has 0 aliphatic carbocycles. The Morgan fingerprint density at radius 2 is 1.05 bits per heavy atom. The average Bonchev–Trinajstić information content (AvgIpc) is 2.47. The molecule has 130 valence electrons. The molecule has 0 aliphatic heterocycles. The van der Waals surface area contributed by atoms with E-state index in [1.165, 1.54) is 64.5 Å². The Morgan fingerprint density at radius 3 is 1.43 bits per heavy atom. The van der Waals surface area contributed by atoms with E-state index in [2.05, 4.69) is 37.9 Å². The van der Waals surface area contributed by atoms with Crippen molar-refractivity contribution in [1.82, 2.24) is 9.80 Å². The summed E-state index contributed by atoms with van der Waals surface area (Å²) in [5, 5.41) is 0. The molecule has 0 fully saturated rings. The second kappa shape index (κ2) is 19.8. The lowest BCUT2D eigenvalue weighted by Gasteiger charge is -2.12. The van der Waals surface area contributed by atoms with Crippen molar-refractivity contribution in [2.75, 3.05) is 53.9 Å². The molecule has 0 atom stereocenters. The molecule has 21 heavy (non-hydrogen) atoms. The normalized spacial score (nSPS) is 10.9. The lowest BCUT2D eigenvalue weighted by molar-refractivity contribution is 0.341. The van der Waals surface area contributed by atoms with Gasteiger partial charge >= 0.3 is 0 Å². The first-order valence-electron chi connectivity index (χ1n) is 8.81. The van der Waals surface area contributed by atoms with Gasteiger partial charge in [0.1, 0.15) is 0 Å². The van der Waals surface area contributed by atoms with Gasteiger partial charge in [0.15, 0.2) is 0 Å². The van der Waals surface area contributed by atoms with E-state index in [-0.39, 0.29) is 0 Å². The second-order valence-electron chi connectivity index (χ2n) is 6.10. The zero-order chi connectivity index (χ0) is 16.3. The van der Waals surface area contributed by atoms with E-state index in [1.54, 1.807) is 0 Å². The van der Waals surface area contributed by atoms with E-state index in [0.29, 0.717) is 0 Å². The molecule has 4 N–H and O–H groups in total. The van der Waals surface area contributed by atoms with Crippen LogP contribution in [0.15, 0.2) is 0 Å². The Kier molecular flexibility index (Phi) is 21.8. The molecule has 0 amide bonds. The van der Waals surface area contributed by atoms with Crippen molar-refractivity contribution < 1.29 is 0 Å². The summed E-state index contributed by atoms with van der Waals surface area (Å²) in [7, 11) is 6.40. The maximum Gasteiger partial charge on any atom is -0.00219 e.